The predicted molar refractivity (Wildman–Crippen MR) is 53.9 cm³/mol. The molecule has 0 saturated carbocycles. The van der Waals surface area contributed by atoms with Gasteiger partial charge in [-0.1, -0.05) is 5.21 Å². The van der Waals surface area contributed by atoms with Gasteiger partial charge in [-0.15, -0.1) is 10.2 Å². The van der Waals surface area contributed by atoms with Crippen LogP contribution in [0.15, 0.2) is 0 Å². The Bertz CT molecular complexity index is 397. The highest BCUT2D eigenvalue weighted by Crippen LogP contribution is 2.10. The Morgan fingerprint density at radius 1 is 1.47 bits per heavy atom. The number of alkyl carbamates (subject to hydrolysis) is 1. The highest BCUT2D eigenvalue weighted by Gasteiger charge is 2.28. The van der Waals surface area contributed by atoms with Crippen LogP contribution >= 0.6 is 0 Å². The van der Waals surface area contributed by atoms with Crippen LogP contribution in [0.1, 0.15) is 32.6 Å². The predicted octanol–water partition coefficient (Wildman–Crippen LogP) is -0.150. The molecule has 1 aromatic heterocycles. The maximum atomic E-state index is 11.4. The second kappa shape index (κ2) is 4.76. The normalized spacial score (nSPS) is 12.9. The third-order valence-corrected chi connectivity index (χ3v) is 1.53. The number of aromatic amines is 1. The number of aromatic nitrogens is 4. The number of carbonyl (C=O) groups is 2. The van der Waals surface area contributed by atoms with E-state index in [9.17, 15) is 9.59 Å². The summed E-state index contributed by atoms with van der Waals surface area (Å²) in [6, 6.07) is -1.40. The molecule has 94 valence electrons. The molecule has 1 aromatic rings. The van der Waals surface area contributed by atoms with E-state index in [-0.39, 0.29) is 5.82 Å². The summed E-state index contributed by atoms with van der Waals surface area (Å²) in [6.45, 7) is 4.99. The van der Waals surface area contributed by atoms with E-state index >= 15 is 0 Å². The quantitative estimate of drug-likeness (QED) is 0.672. The number of aliphatic carboxylic acids is 1. The number of ether oxygens (including phenoxy) is 1. The number of H-pyrrole nitrogens is 1. The number of tetrazole rings is 1. The summed E-state index contributed by atoms with van der Waals surface area (Å²) in [6.07, 6.45) is -0.866. The van der Waals surface area contributed by atoms with E-state index in [1.165, 1.54) is 0 Å². The van der Waals surface area contributed by atoms with Crippen LogP contribution in [0.4, 0.5) is 4.79 Å². The summed E-state index contributed by atoms with van der Waals surface area (Å²) in [5.74, 6) is -1.46. The Hall–Kier alpha value is -2.19. The minimum Gasteiger partial charge on any atom is -0.479 e. The number of carboxylic acid groups (broad SMARTS) is 1. The molecule has 0 fully saturated rings. The van der Waals surface area contributed by atoms with E-state index in [0.29, 0.717) is 0 Å². The minimum absolute atomic E-state index is 0.150. The van der Waals surface area contributed by atoms with Gasteiger partial charge in [0.15, 0.2) is 6.04 Å². The average molecular weight is 243 g/mol. The van der Waals surface area contributed by atoms with Crippen LogP contribution in [0, 0.1) is 0 Å². The van der Waals surface area contributed by atoms with Crippen LogP contribution in [0.2, 0.25) is 0 Å². The van der Waals surface area contributed by atoms with Gasteiger partial charge in [0.2, 0.25) is 5.82 Å². The lowest BCUT2D eigenvalue weighted by Gasteiger charge is -2.20. The first-order chi connectivity index (χ1) is 7.79. The molecular formula is C8H13N5O4. The number of nitrogens with one attached hydrogen (secondary N) is 2. The fourth-order valence-electron chi connectivity index (χ4n) is 0.954. The van der Waals surface area contributed by atoms with Gasteiger partial charge in [-0.05, 0) is 20.8 Å². The Labute approximate surface area is 96.5 Å². The summed E-state index contributed by atoms with van der Waals surface area (Å²) in [5.41, 5.74) is -0.718. The van der Waals surface area contributed by atoms with Crippen LogP contribution < -0.4 is 5.32 Å². The lowest BCUT2D eigenvalue weighted by atomic mass is 10.2. The summed E-state index contributed by atoms with van der Waals surface area (Å²) in [4.78, 5) is 22.3. The second-order valence-corrected chi connectivity index (χ2v) is 4.19. The molecule has 17 heavy (non-hydrogen) atoms. The van der Waals surface area contributed by atoms with Crippen molar-refractivity contribution in [3.05, 3.63) is 5.82 Å². The van der Waals surface area contributed by atoms with Gasteiger partial charge in [-0.2, -0.15) is 5.21 Å². The molecule has 1 amide bonds. The van der Waals surface area contributed by atoms with Crippen molar-refractivity contribution in [2.45, 2.75) is 32.4 Å². The summed E-state index contributed by atoms with van der Waals surface area (Å²) in [5, 5.41) is 23.3. The van der Waals surface area contributed by atoms with Crippen LogP contribution in [-0.2, 0) is 9.53 Å². The number of hydrogen-bond donors (Lipinski definition) is 3. The molecule has 0 aliphatic rings. The lowest BCUT2D eigenvalue weighted by Crippen LogP contribution is -2.38. The third-order valence-electron chi connectivity index (χ3n) is 1.53. The van der Waals surface area contributed by atoms with Gasteiger partial charge in [0, 0.05) is 0 Å². The standard InChI is InChI=1S/C8H13N5O4/c1-8(2,3)17-7(16)9-4(6(14)15)5-10-12-13-11-5/h4H,1-3H3,(H,9,16)(H,14,15)(H,10,11,12,13). The molecular weight excluding hydrogens is 230 g/mol. The van der Waals surface area contributed by atoms with Crippen molar-refractivity contribution < 1.29 is 19.4 Å². The van der Waals surface area contributed by atoms with E-state index in [1.54, 1.807) is 20.8 Å². The SMILES string of the molecule is CC(C)(C)OC(=O)NC(C(=O)O)c1nn[nH]n1. The molecule has 0 bridgehead atoms. The van der Waals surface area contributed by atoms with Crippen molar-refractivity contribution in [1.29, 1.82) is 0 Å². The van der Waals surface area contributed by atoms with Crippen molar-refractivity contribution in [2.75, 3.05) is 0 Å². The molecule has 0 aliphatic carbocycles. The van der Waals surface area contributed by atoms with E-state index < -0.39 is 23.7 Å². The summed E-state index contributed by atoms with van der Waals surface area (Å²) >= 11 is 0. The third kappa shape index (κ3) is 4.05. The molecule has 0 aromatic carbocycles. The second-order valence-electron chi connectivity index (χ2n) is 4.19. The van der Waals surface area contributed by atoms with E-state index in [1.807, 2.05) is 0 Å². The average Bonchev–Trinajstić information content (AvgIpc) is 2.63. The maximum Gasteiger partial charge on any atom is 0.408 e. The van der Waals surface area contributed by atoms with Crippen LogP contribution in [0.25, 0.3) is 0 Å². The van der Waals surface area contributed by atoms with Gasteiger partial charge in [0.25, 0.3) is 0 Å². The minimum atomic E-state index is -1.40. The first kappa shape index (κ1) is 12.9. The summed E-state index contributed by atoms with van der Waals surface area (Å²) in [7, 11) is 0. The zero-order valence-electron chi connectivity index (χ0n) is 9.59. The number of nitrogens with zero attached hydrogens (tertiary/aromatic N) is 3. The topological polar surface area (TPSA) is 130 Å². The van der Waals surface area contributed by atoms with Crippen molar-refractivity contribution in [3.63, 3.8) is 0 Å². The summed E-state index contributed by atoms with van der Waals surface area (Å²) < 4.78 is 4.92. The van der Waals surface area contributed by atoms with Gasteiger partial charge >= 0.3 is 12.1 Å². The number of hydrogen-bond acceptors (Lipinski definition) is 6. The number of carboxylic acids is 1. The molecule has 9 nitrogen and oxygen atoms in total. The molecule has 3 N–H and O–H groups in total. The first-order valence-electron chi connectivity index (χ1n) is 4.75. The monoisotopic (exact) mass is 243 g/mol. The van der Waals surface area contributed by atoms with Gasteiger partial charge in [0.1, 0.15) is 5.60 Å². The maximum absolute atomic E-state index is 11.4. The first-order valence-corrected chi connectivity index (χ1v) is 4.75. The van der Waals surface area contributed by atoms with Gasteiger partial charge in [-0.3, -0.25) is 0 Å². The molecule has 9 heteroatoms. The van der Waals surface area contributed by atoms with Crippen molar-refractivity contribution in [2.24, 2.45) is 0 Å². The van der Waals surface area contributed by atoms with Gasteiger partial charge in [-0.25, -0.2) is 9.59 Å². The highest BCUT2D eigenvalue weighted by molar-refractivity contribution is 5.80. The van der Waals surface area contributed by atoms with Crippen LogP contribution in [0.3, 0.4) is 0 Å². The smallest absolute Gasteiger partial charge is 0.408 e. The van der Waals surface area contributed by atoms with E-state index in [0.717, 1.165) is 0 Å². The Morgan fingerprint density at radius 3 is 2.53 bits per heavy atom. The molecule has 0 aliphatic heterocycles. The fourth-order valence-corrected chi connectivity index (χ4v) is 0.954. The largest absolute Gasteiger partial charge is 0.479 e. The lowest BCUT2D eigenvalue weighted by molar-refractivity contribution is -0.139. The molecule has 1 unspecified atom stereocenters. The highest BCUT2D eigenvalue weighted by atomic mass is 16.6. The van der Waals surface area contributed by atoms with Crippen molar-refractivity contribution in [1.82, 2.24) is 25.9 Å². The fraction of sp³-hybridized carbons (Fsp3) is 0.625. The van der Waals surface area contributed by atoms with E-state index in [4.69, 9.17) is 9.84 Å². The van der Waals surface area contributed by atoms with Crippen LogP contribution in [0.5, 0.6) is 0 Å². The van der Waals surface area contributed by atoms with Gasteiger partial charge in [0.05, 0.1) is 0 Å². The number of carbonyl (C=O) groups excluding carboxylic acids is 1. The molecule has 0 spiro atoms. The van der Waals surface area contributed by atoms with Crippen molar-refractivity contribution >= 4 is 12.1 Å². The van der Waals surface area contributed by atoms with Crippen LogP contribution in [-0.4, -0.2) is 43.4 Å². The molecule has 1 atom stereocenters. The molecule has 1 rings (SSSR count). The Kier molecular flexibility index (Phi) is 3.61. The number of rotatable bonds is 3. The molecule has 0 radical (unpaired) electrons. The van der Waals surface area contributed by atoms with Gasteiger partial charge < -0.3 is 15.2 Å². The molecule has 0 saturated heterocycles. The molecule has 1 heterocycles. The Balaban J connectivity index is 2.69. The number of amides is 1. The zero-order chi connectivity index (χ0) is 13.1. The Morgan fingerprint density at radius 2 is 2.12 bits per heavy atom. The zero-order valence-corrected chi connectivity index (χ0v) is 9.59. The van der Waals surface area contributed by atoms with E-state index in [2.05, 4.69) is 25.9 Å². The van der Waals surface area contributed by atoms with Crippen molar-refractivity contribution in [3.8, 4) is 0 Å².